The Kier molecular flexibility index (Phi) is 4.62. The number of aliphatic hydroxyl groups is 1. The summed E-state index contributed by atoms with van der Waals surface area (Å²) in [5.41, 5.74) is 2.94. The molecule has 1 aromatic carbocycles. The van der Waals surface area contributed by atoms with Crippen LogP contribution in [-0.4, -0.2) is 44.6 Å². The monoisotopic (exact) mass is 286 g/mol. The number of aromatic nitrogens is 3. The topological polar surface area (TPSA) is 54.2 Å². The van der Waals surface area contributed by atoms with Crippen LogP contribution in [0.4, 0.5) is 0 Å². The highest BCUT2D eigenvalue weighted by Crippen LogP contribution is 2.14. The molecule has 1 saturated heterocycles. The smallest absolute Gasteiger partial charge is 0.112 e. The largest absolute Gasteiger partial charge is 0.390 e. The van der Waals surface area contributed by atoms with Crippen molar-refractivity contribution in [3.05, 3.63) is 47.3 Å². The first-order valence-electron chi connectivity index (χ1n) is 7.65. The first-order valence-corrected chi connectivity index (χ1v) is 7.65. The van der Waals surface area contributed by atoms with Gasteiger partial charge in [-0.1, -0.05) is 35.5 Å². The van der Waals surface area contributed by atoms with Crippen LogP contribution in [0.1, 0.15) is 29.8 Å². The Balaban J connectivity index is 1.72. The summed E-state index contributed by atoms with van der Waals surface area (Å²) in [5, 5.41) is 17.8. The highest BCUT2D eigenvalue weighted by atomic mass is 16.3. The van der Waals surface area contributed by atoms with E-state index in [1.807, 2.05) is 22.9 Å². The molecule has 0 unspecified atom stereocenters. The van der Waals surface area contributed by atoms with E-state index in [1.54, 1.807) is 0 Å². The van der Waals surface area contributed by atoms with Gasteiger partial charge in [0, 0.05) is 13.0 Å². The molecule has 0 saturated carbocycles. The van der Waals surface area contributed by atoms with Crippen LogP contribution < -0.4 is 0 Å². The molecule has 1 aliphatic heterocycles. The Morgan fingerprint density at radius 2 is 1.81 bits per heavy atom. The van der Waals surface area contributed by atoms with Gasteiger partial charge in [-0.15, -0.1) is 5.10 Å². The van der Waals surface area contributed by atoms with Crippen LogP contribution in [0.3, 0.4) is 0 Å². The lowest BCUT2D eigenvalue weighted by molar-refractivity contribution is 0.275. The number of rotatable bonds is 6. The third kappa shape index (κ3) is 3.49. The van der Waals surface area contributed by atoms with Gasteiger partial charge in [0.2, 0.25) is 0 Å². The standard InChI is InChI=1S/C16H22N4O/c21-13-15-16(12-14-6-2-1-3-7-14)20(18-17-15)11-10-19-8-4-5-9-19/h1-3,6-7,21H,4-5,8-13H2. The fourth-order valence-corrected chi connectivity index (χ4v) is 2.90. The van der Waals surface area contributed by atoms with Crippen molar-refractivity contribution >= 4 is 0 Å². The number of aliphatic hydroxyl groups excluding tert-OH is 1. The summed E-state index contributed by atoms with van der Waals surface area (Å²) < 4.78 is 1.96. The molecular weight excluding hydrogens is 264 g/mol. The second-order valence-corrected chi connectivity index (χ2v) is 5.58. The van der Waals surface area contributed by atoms with E-state index < -0.39 is 0 Å². The van der Waals surface area contributed by atoms with Crippen molar-refractivity contribution in [2.45, 2.75) is 32.4 Å². The summed E-state index contributed by atoms with van der Waals surface area (Å²) in [4.78, 5) is 2.46. The van der Waals surface area contributed by atoms with Gasteiger partial charge >= 0.3 is 0 Å². The van der Waals surface area contributed by atoms with Gasteiger partial charge in [0.1, 0.15) is 5.69 Å². The van der Waals surface area contributed by atoms with Crippen molar-refractivity contribution in [2.24, 2.45) is 0 Å². The Morgan fingerprint density at radius 1 is 1.05 bits per heavy atom. The van der Waals surface area contributed by atoms with E-state index in [-0.39, 0.29) is 6.61 Å². The lowest BCUT2D eigenvalue weighted by Crippen LogP contribution is -2.25. The van der Waals surface area contributed by atoms with E-state index >= 15 is 0 Å². The predicted molar refractivity (Wildman–Crippen MR) is 80.9 cm³/mol. The first-order chi connectivity index (χ1) is 10.4. The molecule has 0 aliphatic carbocycles. The minimum atomic E-state index is -0.0497. The Hall–Kier alpha value is -1.72. The highest BCUT2D eigenvalue weighted by molar-refractivity contribution is 5.23. The molecule has 1 N–H and O–H groups in total. The van der Waals surface area contributed by atoms with Crippen molar-refractivity contribution < 1.29 is 5.11 Å². The third-order valence-corrected chi connectivity index (χ3v) is 4.11. The van der Waals surface area contributed by atoms with Crippen molar-refractivity contribution in [3.63, 3.8) is 0 Å². The molecule has 0 bridgehead atoms. The number of likely N-dealkylation sites (tertiary alicyclic amines) is 1. The number of benzene rings is 1. The van der Waals surface area contributed by atoms with E-state index in [0.717, 1.165) is 25.2 Å². The Labute approximate surface area is 125 Å². The zero-order chi connectivity index (χ0) is 14.5. The summed E-state index contributed by atoms with van der Waals surface area (Å²) >= 11 is 0. The summed E-state index contributed by atoms with van der Waals surface area (Å²) in [6.07, 6.45) is 3.37. The van der Waals surface area contributed by atoms with Gasteiger partial charge in [0.15, 0.2) is 0 Å². The van der Waals surface area contributed by atoms with Gasteiger partial charge in [-0.3, -0.25) is 0 Å². The summed E-state index contributed by atoms with van der Waals surface area (Å²) in [7, 11) is 0. The van der Waals surface area contributed by atoms with Crippen molar-refractivity contribution in [1.29, 1.82) is 0 Å². The van der Waals surface area contributed by atoms with Crippen LogP contribution >= 0.6 is 0 Å². The van der Waals surface area contributed by atoms with Crippen molar-refractivity contribution in [2.75, 3.05) is 19.6 Å². The zero-order valence-corrected chi connectivity index (χ0v) is 12.3. The maximum atomic E-state index is 9.46. The van der Waals surface area contributed by atoms with Crippen LogP contribution in [0.25, 0.3) is 0 Å². The fourth-order valence-electron chi connectivity index (χ4n) is 2.90. The minimum absolute atomic E-state index is 0.0497. The first kappa shape index (κ1) is 14.2. The second-order valence-electron chi connectivity index (χ2n) is 5.58. The van der Waals surface area contributed by atoms with Gasteiger partial charge in [0.25, 0.3) is 0 Å². The molecule has 112 valence electrons. The van der Waals surface area contributed by atoms with Gasteiger partial charge in [-0.05, 0) is 31.5 Å². The zero-order valence-electron chi connectivity index (χ0n) is 12.3. The summed E-state index contributed by atoms with van der Waals surface area (Å²) in [6.45, 7) is 4.18. The van der Waals surface area contributed by atoms with Gasteiger partial charge in [-0.2, -0.15) is 0 Å². The van der Waals surface area contributed by atoms with Gasteiger partial charge in [-0.25, -0.2) is 4.68 Å². The molecule has 1 fully saturated rings. The normalized spacial score (nSPS) is 15.7. The highest BCUT2D eigenvalue weighted by Gasteiger charge is 2.15. The number of hydrogen-bond acceptors (Lipinski definition) is 4. The molecule has 5 heteroatoms. The molecule has 0 spiro atoms. The maximum absolute atomic E-state index is 9.46. The molecule has 1 aromatic heterocycles. The molecule has 3 rings (SSSR count). The third-order valence-electron chi connectivity index (χ3n) is 4.11. The average Bonchev–Trinajstić information content (AvgIpc) is 3.16. The molecule has 2 aromatic rings. The quantitative estimate of drug-likeness (QED) is 0.873. The SMILES string of the molecule is OCc1nnn(CCN2CCCC2)c1Cc1ccccc1. The van der Waals surface area contributed by atoms with Crippen LogP contribution in [0.15, 0.2) is 30.3 Å². The van der Waals surface area contributed by atoms with E-state index in [1.165, 1.54) is 31.5 Å². The second kappa shape index (κ2) is 6.83. The predicted octanol–water partition coefficient (Wildman–Crippen LogP) is 1.46. The maximum Gasteiger partial charge on any atom is 0.112 e. The van der Waals surface area contributed by atoms with Gasteiger partial charge < -0.3 is 10.0 Å². The summed E-state index contributed by atoms with van der Waals surface area (Å²) in [6, 6.07) is 10.3. The summed E-state index contributed by atoms with van der Waals surface area (Å²) in [5.74, 6) is 0. The molecule has 0 amide bonds. The molecule has 5 nitrogen and oxygen atoms in total. The Morgan fingerprint density at radius 3 is 2.52 bits per heavy atom. The van der Waals surface area contributed by atoms with Crippen LogP contribution in [-0.2, 0) is 19.6 Å². The molecule has 2 heterocycles. The molecule has 0 atom stereocenters. The van der Waals surface area contributed by atoms with E-state index in [9.17, 15) is 5.11 Å². The molecule has 21 heavy (non-hydrogen) atoms. The molecule has 0 radical (unpaired) electrons. The van der Waals surface area contributed by atoms with Crippen LogP contribution in [0, 0.1) is 0 Å². The van der Waals surface area contributed by atoms with Crippen molar-refractivity contribution in [3.8, 4) is 0 Å². The van der Waals surface area contributed by atoms with E-state index in [2.05, 4.69) is 27.3 Å². The minimum Gasteiger partial charge on any atom is -0.390 e. The van der Waals surface area contributed by atoms with E-state index in [0.29, 0.717) is 5.69 Å². The number of hydrogen-bond donors (Lipinski definition) is 1. The fraction of sp³-hybridized carbons (Fsp3) is 0.500. The average molecular weight is 286 g/mol. The van der Waals surface area contributed by atoms with Crippen LogP contribution in [0.5, 0.6) is 0 Å². The number of nitrogens with zero attached hydrogens (tertiary/aromatic N) is 4. The lowest BCUT2D eigenvalue weighted by Gasteiger charge is -2.15. The molecule has 1 aliphatic rings. The Bertz CT molecular complexity index is 561. The van der Waals surface area contributed by atoms with Crippen LogP contribution in [0.2, 0.25) is 0 Å². The van der Waals surface area contributed by atoms with Gasteiger partial charge in [0.05, 0.1) is 18.8 Å². The van der Waals surface area contributed by atoms with Crippen molar-refractivity contribution in [1.82, 2.24) is 19.9 Å². The lowest BCUT2D eigenvalue weighted by atomic mass is 10.1. The van der Waals surface area contributed by atoms with E-state index in [4.69, 9.17) is 0 Å². The molecular formula is C16H22N4O.